The van der Waals surface area contributed by atoms with Gasteiger partial charge in [0.05, 0.1) is 5.69 Å². The maximum atomic E-state index is 11.5. The number of nitrogens with one attached hydrogen (secondary N) is 1. The summed E-state index contributed by atoms with van der Waals surface area (Å²) in [5, 5.41) is 2.82. The van der Waals surface area contributed by atoms with Crippen molar-refractivity contribution < 1.29 is 9.53 Å². The Hall–Kier alpha value is -1.03. The summed E-state index contributed by atoms with van der Waals surface area (Å²) in [6.07, 6.45) is 0.314. The van der Waals surface area contributed by atoms with Crippen LogP contribution < -0.4 is 10.1 Å². The highest BCUT2D eigenvalue weighted by molar-refractivity contribution is 9.10. The predicted octanol–water partition coefficient (Wildman–Crippen LogP) is 2.56. The van der Waals surface area contributed by atoms with Crippen molar-refractivity contribution in [1.29, 1.82) is 0 Å². The number of hydrogen-bond donors (Lipinski definition) is 1. The number of carbonyl (C=O) groups is 1. The number of benzene rings is 1. The van der Waals surface area contributed by atoms with E-state index in [0.717, 1.165) is 15.9 Å². The van der Waals surface area contributed by atoms with Gasteiger partial charge in [0, 0.05) is 4.47 Å². The van der Waals surface area contributed by atoms with Crippen molar-refractivity contribution in [2.75, 3.05) is 5.32 Å². The molecule has 1 unspecified atom stereocenters. The molecule has 4 heteroatoms. The molecule has 1 amide bonds. The van der Waals surface area contributed by atoms with Crippen molar-refractivity contribution in [3.05, 3.63) is 22.7 Å². The minimum atomic E-state index is -0.364. The van der Waals surface area contributed by atoms with Crippen LogP contribution in [0.25, 0.3) is 0 Å². The zero-order valence-corrected chi connectivity index (χ0v) is 9.30. The lowest BCUT2D eigenvalue weighted by Crippen LogP contribution is -2.36. The van der Waals surface area contributed by atoms with Gasteiger partial charge in [0.1, 0.15) is 5.75 Å². The molecule has 14 heavy (non-hydrogen) atoms. The van der Waals surface area contributed by atoms with Gasteiger partial charge in [0.15, 0.2) is 6.10 Å². The fourth-order valence-corrected chi connectivity index (χ4v) is 1.85. The molecular weight excluding hydrogens is 246 g/mol. The molecule has 3 nitrogen and oxygen atoms in total. The zero-order chi connectivity index (χ0) is 10.1. The first-order chi connectivity index (χ1) is 6.72. The van der Waals surface area contributed by atoms with Gasteiger partial charge in [-0.15, -0.1) is 0 Å². The number of fused-ring (bicyclic) bond motifs is 1. The van der Waals surface area contributed by atoms with Gasteiger partial charge in [0.2, 0.25) is 0 Å². The van der Waals surface area contributed by atoms with E-state index in [4.69, 9.17) is 4.74 Å². The van der Waals surface area contributed by atoms with Crippen LogP contribution in [-0.4, -0.2) is 12.0 Å². The minimum absolute atomic E-state index is 0.0769. The molecule has 74 valence electrons. The quantitative estimate of drug-likeness (QED) is 0.838. The van der Waals surface area contributed by atoms with Crippen LogP contribution in [0.5, 0.6) is 5.75 Å². The zero-order valence-electron chi connectivity index (χ0n) is 7.71. The lowest BCUT2D eigenvalue weighted by atomic mass is 10.2. The SMILES string of the molecule is CCC1Oc2cccc(Br)c2NC1=O. The van der Waals surface area contributed by atoms with Gasteiger partial charge in [-0.25, -0.2) is 0 Å². The molecule has 1 aromatic rings. The van der Waals surface area contributed by atoms with Gasteiger partial charge in [-0.2, -0.15) is 0 Å². The Kier molecular flexibility index (Phi) is 2.46. The molecule has 1 atom stereocenters. The number of carbonyl (C=O) groups excluding carboxylic acids is 1. The second kappa shape index (κ2) is 3.61. The van der Waals surface area contributed by atoms with Gasteiger partial charge in [-0.1, -0.05) is 13.0 Å². The van der Waals surface area contributed by atoms with Gasteiger partial charge in [0.25, 0.3) is 5.91 Å². The molecule has 0 spiro atoms. The summed E-state index contributed by atoms with van der Waals surface area (Å²) in [7, 11) is 0. The van der Waals surface area contributed by atoms with Crippen molar-refractivity contribution in [2.24, 2.45) is 0 Å². The van der Waals surface area contributed by atoms with Gasteiger partial charge in [-0.05, 0) is 34.5 Å². The van der Waals surface area contributed by atoms with Crippen LogP contribution in [0, 0.1) is 0 Å². The van der Waals surface area contributed by atoms with E-state index in [0.29, 0.717) is 6.42 Å². The Morgan fingerprint density at radius 3 is 3.07 bits per heavy atom. The predicted molar refractivity (Wildman–Crippen MR) is 57.5 cm³/mol. The van der Waals surface area contributed by atoms with Crippen molar-refractivity contribution >= 4 is 27.5 Å². The summed E-state index contributed by atoms with van der Waals surface area (Å²) in [5.41, 5.74) is 0.724. The Labute approximate surface area is 90.6 Å². The van der Waals surface area contributed by atoms with E-state index in [2.05, 4.69) is 21.2 Å². The molecule has 1 heterocycles. The maximum Gasteiger partial charge on any atom is 0.265 e. The van der Waals surface area contributed by atoms with E-state index >= 15 is 0 Å². The number of rotatable bonds is 1. The van der Waals surface area contributed by atoms with Crippen molar-refractivity contribution in [1.82, 2.24) is 0 Å². The standard InChI is InChI=1S/C10H10BrNO2/c1-2-7-10(13)12-9-6(11)4-3-5-8(9)14-7/h3-5,7H,2H2,1H3,(H,12,13). The first kappa shape index (κ1) is 9.52. The second-order valence-electron chi connectivity index (χ2n) is 3.12. The first-order valence-electron chi connectivity index (χ1n) is 4.48. The number of amides is 1. The maximum absolute atomic E-state index is 11.5. The third-order valence-corrected chi connectivity index (χ3v) is 2.82. The largest absolute Gasteiger partial charge is 0.478 e. The number of hydrogen-bond acceptors (Lipinski definition) is 2. The molecule has 1 aliphatic heterocycles. The normalized spacial score (nSPS) is 19.6. The molecule has 0 aromatic heterocycles. The molecule has 2 rings (SSSR count). The Balaban J connectivity index is 2.40. The minimum Gasteiger partial charge on any atom is -0.478 e. The van der Waals surface area contributed by atoms with Crippen LogP contribution in [-0.2, 0) is 4.79 Å². The summed E-state index contributed by atoms with van der Waals surface area (Å²) in [4.78, 5) is 11.5. The molecule has 1 aromatic carbocycles. The van der Waals surface area contributed by atoms with E-state index in [1.807, 2.05) is 25.1 Å². The Morgan fingerprint density at radius 1 is 1.57 bits per heavy atom. The topological polar surface area (TPSA) is 38.3 Å². The van der Waals surface area contributed by atoms with Gasteiger partial charge >= 0.3 is 0 Å². The average molecular weight is 256 g/mol. The lowest BCUT2D eigenvalue weighted by Gasteiger charge is -2.25. The van der Waals surface area contributed by atoms with Crippen LogP contribution in [0.1, 0.15) is 13.3 Å². The van der Waals surface area contributed by atoms with Crippen molar-refractivity contribution in [3.8, 4) is 5.75 Å². The molecular formula is C10H10BrNO2. The van der Waals surface area contributed by atoms with Crippen LogP contribution in [0.4, 0.5) is 5.69 Å². The van der Waals surface area contributed by atoms with E-state index in [9.17, 15) is 4.79 Å². The number of para-hydroxylation sites is 1. The smallest absolute Gasteiger partial charge is 0.265 e. The van der Waals surface area contributed by atoms with Crippen LogP contribution >= 0.6 is 15.9 Å². The number of anilines is 1. The molecule has 1 N–H and O–H groups in total. The third-order valence-electron chi connectivity index (χ3n) is 2.16. The monoisotopic (exact) mass is 255 g/mol. The summed E-state index contributed by atoms with van der Waals surface area (Å²) in [6.45, 7) is 1.92. The lowest BCUT2D eigenvalue weighted by molar-refractivity contribution is -0.123. The van der Waals surface area contributed by atoms with E-state index in [1.54, 1.807) is 0 Å². The Bertz CT molecular complexity index is 378. The summed E-state index contributed by atoms with van der Waals surface area (Å²) in [5.74, 6) is 0.651. The number of ether oxygens (including phenoxy) is 1. The summed E-state index contributed by atoms with van der Waals surface area (Å²) >= 11 is 3.36. The van der Waals surface area contributed by atoms with Crippen LogP contribution in [0.3, 0.4) is 0 Å². The molecule has 0 saturated carbocycles. The molecule has 0 bridgehead atoms. The van der Waals surface area contributed by atoms with E-state index < -0.39 is 0 Å². The third kappa shape index (κ3) is 1.50. The summed E-state index contributed by atoms with van der Waals surface area (Å²) < 4.78 is 6.38. The average Bonchev–Trinajstić information content (AvgIpc) is 2.19. The van der Waals surface area contributed by atoms with E-state index in [-0.39, 0.29) is 12.0 Å². The van der Waals surface area contributed by atoms with Crippen molar-refractivity contribution in [3.63, 3.8) is 0 Å². The molecule has 0 aliphatic carbocycles. The van der Waals surface area contributed by atoms with E-state index in [1.165, 1.54) is 0 Å². The fourth-order valence-electron chi connectivity index (χ4n) is 1.40. The summed E-state index contributed by atoms with van der Waals surface area (Å²) in [6, 6.07) is 5.60. The van der Waals surface area contributed by atoms with Crippen LogP contribution in [0.15, 0.2) is 22.7 Å². The molecule has 0 fully saturated rings. The van der Waals surface area contributed by atoms with Gasteiger partial charge < -0.3 is 10.1 Å². The highest BCUT2D eigenvalue weighted by Crippen LogP contribution is 2.36. The highest BCUT2D eigenvalue weighted by atomic mass is 79.9. The molecule has 0 saturated heterocycles. The first-order valence-corrected chi connectivity index (χ1v) is 5.27. The Morgan fingerprint density at radius 2 is 2.36 bits per heavy atom. The number of halogens is 1. The highest BCUT2D eigenvalue weighted by Gasteiger charge is 2.26. The molecule has 0 radical (unpaired) electrons. The fraction of sp³-hybridized carbons (Fsp3) is 0.300. The molecule has 1 aliphatic rings. The van der Waals surface area contributed by atoms with Crippen LogP contribution in [0.2, 0.25) is 0 Å². The van der Waals surface area contributed by atoms with Gasteiger partial charge in [-0.3, -0.25) is 4.79 Å². The van der Waals surface area contributed by atoms with Crippen molar-refractivity contribution in [2.45, 2.75) is 19.4 Å². The second-order valence-corrected chi connectivity index (χ2v) is 3.97.